The number of alkyl halides is 3. The van der Waals surface area contributed by atoms with Gasteiger partial charge in [-0.1, -0.05) is 25.5 Å². The third-order valence-corrected chi connectivity index (χ3v) is 4.18. The van der Waals surface area contributed by atoms with Gasteiger partial charge in [0.25, 0.3) is 5.91 Å². The molecular weight excluding hydrogens is 355 g/mol. The zero-order valence-electron chi connectivity index (χ0n) is 14.2. The molecule has 1 unspecified atom stereocenters. The number of benzene rings is 1. The number of piperazine rings is 1. The molecule has 0 aromatic heterocycles. The Morgan fingerprint density at radius 2 is 1.84 bits per heavy atom. The first-order chi connectivity index (χ1) is 11.4. The molecule has 1 heterocycles. The third kappa shape index (κ3) is 6.49. The van der Waals surface area contributed by atoms with Crippen LogP contribution in [0.2, 0.25) is 0 Å². The van der Waals surface area contributed by atoms with E-state index in [2.05, 4.69) is 17.6 Å². The molecule has 0 saturated carbocycles. The van der Waals surface area contributed by atoms with Gasteiger partial charge in [-0.05, 0) is 24.1 Å². The van der Waals surface area contributed by atoms with Gasteiger partial charge < -0.3 is 10.6 Å². The van der Waals surface area contributed by atoms with Gasteiger partial charge in [0.15, 0.2) is 0 Å². The molecule has 1 aromatic carbocycles. The maximum absolute atomic E-state index is 13.3. The first-order valence-electron chi connectivity index (χ1n) is 8.30. The number of hydrogen-bond donors (Lipinski definition) is 2. The molecule has 1 saturated heterocycles. The Kier molecular flexibility index (Phi) is 8.68. The van der Waals surface area contributed by atoms with E-state index in [0.717, 1.165) is 18.4 Å². The lowest BCUT2D eigenvalue weighted by atomic mass is 10.1. The average Bonchev–Trinajstić information content (AvgIpc) is 2.55. The molecule has 1 aliphatic rings. The van der Waals surface area contributed by atoms with Crippen LogP contribution in [0, 0.1) is 0 Å². The summed E-state index contributed by atoms with van der Waals surface area (Å²) in [5.74, 6) is -0.470. The molecule has 25 heavy (non-hydrogen) atoms. The third-order valence-electron chi connectivity index (χ3n) is 4.18. The molecule has 2 rings (SSSR count). The van der Waals surface area contributed by atoms with Crippen molar-refractivity contribution in [1.29, 1.82) is 0 Å². The molecule has 0 spiro atoms. The second-order valence-corrected chi connectivity index (χ2v) is 6.00. The van der Waals surface area contributed by atoms with Gasteiger partial charge in [0.05, 0.1) is 0 Å². The van der Waals surface area contributed by atoms with Crippen LogP contribution in [0.15, 0.2) is 24.3 Å². The highest BCUT2D eigenvalue weighted by molar-refractivity contribution is 5.94. The Hall–Kier alpha value is -1.31. The molecule has 1 aromatic rings. The van der Waals surface area contributed by atoms with Crippen molar-refractivity contribution in [3.63, 3.8) is 0 Å². The highest BCUT2D eigenvalue weighted by atomic mass is 35.5. The zero-order valence-corrected chi connectivity index (χ0v) is 15.1. The fraction of sp³-hybridized carbons (Fsp3) is 0.588. The van der Waals surface area contributed by atoms with E-state index in [1.54, 1.807) is 12.1 Å². The van der Waals surface area contributed by atoms with Crippen molar-refractivity contribution in [3.8, 4) is 0 Å². The second-order valence-electron chi connectivity index (χ2n) is 6.00. The number of nitrogens with zero attached hydrogens (tertiary/aromatic N) is 1. The van der Waals surface area contributed by atoms with Crippen molar-refractivity contribution >= 4 is 18.3 Å². The van der Waals surface area contributed by atoms with Gasteiger partial charge >= 0.3 is 6.18 Å². The lowest BCUT2D eigenvalue weighted by molar-refractivity contribution is -0.183. The smallest absolute Gasteiger partial charge is 0.350 e. The van der Waals surface area contributed by atoms with Crippen LogP contribution >= 0.6 is 12.4 Å². The van der Waals surface area contributed by atoms with E-state index in [9.17, 15) is 18.0 Å². The minimum Gasteiger partial charge on any atom is -0.350 e. The standard InChI is InChI=1S/C17H24F3N3O.ClH/c1-2-3-13-4-6-14(7-5-13)16(24)22-12-15(17(18,19)20)23-10-8-21-9-11-23;/h4-7,15,21H,2-3,8-12H2,1H3,(H,22,24);1H. The van der Waals surface area contributed by atoms with Crippen molar-refractivity contribution < 1.29 is 18.0 Å². The Labute approximate surface area is 152 Å². The maximum Gasteiger partial charge on any atom is 0.405 e. The van der Waals surface area contributed by atoms with E-state index in [4.69, 9.17) is 0 Å². The van der Waals surface area contributed by atoms with Crippen molar-refractivity contribution in [1.82, 2.24) is 15.5 Å². The van der Waals surface area contributed by atoms with Crippen LogP contribution < -0.4 is 10.6 Å². The van der Waals surface area contributed by atoms with Gasteiger partial charge in [-0.25, -0.2) is 0 Å². The Bertz CT molecular complexity index is 531. The van der Waals surface area contributed by atoms with Gasteiger partial charge in [-0.3, -0.25) is 9.69 Å². The summed E-state index contributed by atoms with van der Waals surface area (Å²) in [6.45, 7) is 3.34. The molecular formula is C17H25ClF3N3O. The highest BCUT2D eigenvalue weighted by Gasteiger charge is 2.43. The normalized spacial score (nSPS) is 16.8. The van der Waals surface area contributed by atoms with Crippen molar-refractivity contribution in [2.45, 2.75) is 32.0 Å². The maximum atomic E-state index is 13.3. The van der Waals surface area contributed by atoms with Crippen molar-refractivity contribution in [2.75, 3.05) is 32.7 Å². The van der Waals surface area contributed by atoms with Crippen LogP contribution in [0.3, 0.4) is 0 Å². The summed E-state index contributed by atoms with van der Waals surface area (Å²) >= 11 is 0. The Morgan fingerprint density at radius 3 is 2.36 bits per heavy atom. The topological polar surface area (TPSA) is 44.4 Å². The predicted molar refractivity (Wildman–Crippen MR) is 94.3 cm³/mol. The lowest BCUT2D eigenvalue weighted by Gasteiger charge is -2.35. The van der Waals surface area contributed by atoms with Gasteiger partial charge in [0, 0.05) is 38.3 Å². The van der Waals surface area contributed by atoms with E-state index in [0.29, 0.717) is 31.7 Å². The Balaban J connectivity index is 0.00000312. The molecule has 1 fully saturated rings. The molecule has 0 bridgehead atoms. The number of nitrogens with one attached hydrogen (secondary N) is 2. The number of carbonyl (C=O) groups is 1. The second kappa shape index (κ2) is 9.99. The number of aryl methyl sites for hydroxylation is 1. The van der Waals surface area contributed by atoms with Gasteiger partial charge in [-0.15, -0.1) is 12.4 Å². The number of carbonyl (C=O) groups excluding carboxylic acids is 1. The molecule has 0 aliphatic carbocycles. The SMILES string of the molecule is CCCc1ccc(C(=O)NCC(N2CCNCC2)C(F)(F)F)cc1.Cl. The Morgan fingerprint density at radius 1 is 1.24 bits per heavy atom. The van der Waals surface area contributed by atoms with E-state index in [1.165, 1.54) is 4.90 Å². The highest BCUT2D eigenvalue weighted by Crippen LogP contribution is 2.24. The summed E-state index contributed by atoms with van der Waals surface area (Å²) in [4.78, 5) is 13.5. The lowest BCUT2D eigenvalue weighted by Crippen LogP contribution is -2.57. The molecule has 1 amide bonds. The van der Waals surface area contributed by atoms with Crippen molar-refractivity contribution in [2.24, 2.45) is 0 Å². The summed E-state index contributed by atoms with van der Waals surface area (Å²) in [5.41, 5.74) is 1.50. The van der Waals surface area contributed by atoms with Crippen LogP contribution in [-0.2, 0) is 6.42 Å². The van der Waals surface area contributed by atoms with Crippen LogP contribution in [0.25, 0.3) is 0 Å². The fourth-order valence-electron chi connectivity index (χ4n) is 2.85. The minimum absolute atomic E-state index is 0. The predicted octanol–water partition coefficient (Wildman–Crippen LogP) is 2.63. The fourth-order valence-corrected chi connectivity index (χ4v) is 2.85. The minimum atomic E-state index is -4.37. The summed E-state index contributed by atoms with van der Waals surface area (Å²) in [5, 5.41) is 5.46. The van der Waals surface area contributed by atoms with E-state index < -0.39 is 24.7 Å². The molecule has 2 N–H and O–H groups in total. The van der Waals surface area contributed by atoms with Gasteiger partial charge in [-0.2, -0.15) is 13.2 Å². The molecule has 1 aliphatic heterocycles. The molecule has 1 atom stereocenters. The average molecular weight is 380 g/mol. The van der Waals surface area contributed by atoms with E-state index in [1.807, 2.05) is 12.1 Å². The monoisotopic (exact) mass is 379 g/mol. The van der Waals surface area contributed by atoms with Gasteiger partial charge in [0.1, 0.15) is 6.04 Å². The molecule has 8 heteroatoms. The first kappa shape index (κ1) is 21.7. The van der Waals surface area contributed by atoms with E-state index in [-0.39, 0.29) is 12.4 Å². The zero-order chi connectivity index (χ0) is 17.6. The van der Waals surface area contributed by atoms with Crippen LogP contribution in [0.1, 0.15) is 29.3 Å². The summed E-state index contributed by atoms with van der Waals surface area (Å²) < 4.78 is 39.8. The number of halogens is 4. The number of amides is 1. The molecule has 0 radical (unpaired) electrons. The largest absolute Gasteiger partial charge is 0.405 e. The van der Waals surface area contributed by atoms with E-state index >= 15 is 0 Å². The quantitative estimate of drug-likeness (QED) is 0.798. The van der Waals surface area contributed by atoms with Crippen molar-refractivity contribution in [3.05, 3.63) is 35.4 Å². The summed E-state index contributed by atoms with van der Waals surface area (Å²) in [7, 11) is 0. The van der Waals surface area contributed by atoms with Crippen LogP contribution in [0.4, 0.5) is 13.2 Å². The molecule has 142 valence electrons. The van der Waals surface area contributed by atoms with Gasteiger partial charge in [0.2, 0.25) is 0 Å². The molecule has 4 nitrogen and oxygen atoms in total. The number of rotatable bonds is 6. The summed E-state index contributed by atoms with van der Waals surface area (Å²) in [6.07, 6.45) is -2.44. The van der Waals surface area contributed by atoms with Crippen LogP contribution in [0.5, 0.6) is 0 Å². The van der Waals surface area contributed by atoms with Crippen LogP contribution in [-0.4, -0.2) is 55.7 Å². The summed E-state index contributed by atoms with van der Waals surface area (Å²) in [6, 6.07) is 5.36. The first-order valence-corrected chi connectivity index (χ1v) is 8.30. The number of hydrogen-bond acceptors (Lipinski definition) is 3.